The molecule has 0 aromatic heterocycles. The maximum absolute atomic E-state index is 13.3. The summed E-state index contributed by atoms with van der Waals surface area (Å²) in [5.74, 6) is -0.563. The Bertz CT molecular complexity index is 1270. The molecule has 0 rings (SSSR count). The van der Waals surface area contributed by atoms with E-state index in [1.165, 1.54) is 161 Å². The van der Waals surface area contributed by atoms with Crippen molar-refractivity contribution in [2.45, 2.75) is 309 Å². The molecule has 0 fully saturated rings. The second kappa shape index (κ2) is 56.2. The highest BCUT2D eigenvalue weighted by Gasteiger charge is 2.24. The summed E-state index contributed by atoms with van der Waals surface area (Å²) in [6.45, 7) is 6.39. The highest BCUT2D eigenvalue weighted by Crippen LogP contribution is 2.18. The molecular weight excluding hydrogens is 851 g/mol. The minimum Gasteiger partial charge on any atom is -0.462 e. The molecule has 0 radical (unpaired) electrons. The molecule has 0 saturated carbocycles. The molecule has 6 nitrogen and oxygen atoms in total. The zero-order valence-corrected chi connectivity index (χ0v) is 45.7. The predicted molar refractivity (Wildman–Crippen MR) is 301 cm³/mol. The third kappa shape index (κ3) is 51.5. The number of carbonyl (C=O) groups is 2. The van der Waals surface area contributed by atoms with Crippen molar-refractivity contribution in [2.75, 3.05) is 6.61 Å². The molecule has 0 aromatic rings. The van der Waals surface area contributed by atoms with Crippen LogP contribution in [-0.2, 0) is 14.3 Å². The van der Waals surface area contributed by atoms with E-state index in [0.29, 0.717) is 19.3 Å². The van der Waals surface area contributed by atoms with Crippen LogP contribution in [0.3, 0.4) is 0 Å². The number of aliphatic hydroxyl groups excluding tert-OH is 2. The van der Waals surface area contributed by atoms with Crippen molar-refractivity contribution in [3.05, 3.63) is 72.9 Å². The summed E-state index contributed by atoms with van der Waals surface area (Å²) >= 11 is 0. The summed E-state index contributed by atoms with van der Waals surface area (Å²) < 4.78 is 5.93. The quantitative estimate of drug-likeness (QED) is 0.0321. The van der Waals surface area contributed by atoms with E-state index < -0.39 is 18.2 Å². The van der Waals surface area contributed by atoms with Gasteiger partial charge in [0.15, 0.2) is 0 Å². The first-order chi connectivity index (χ1) is 34.0. The largest absolute Gasteiger partial charge is 0.462 e. The fourth-order valence-electron chi connectivity index (χ4n) is 8.87. The minimum absolute atomic E-state index is 0.0482. The Kier molecular flexibility index (Phi) is 54.0. The lowest BCUT2D eigenvalue weighted by Gasteiger charge is -2.24. The Balaban J connectivity index is 4.66. The van der Waals surface area contributed by atoms with Crippen molar-refractivity contribution in [1.29, 1.82) is 0 Å². The van der Waals surface area contributed by atoms with Gasteiger partial charge in [0.25, 0.3) is 0 Å². The first-order valence-electron chi connectivity index (χ1n) is 29.7. The molecule has 0 aromatic carbocycles. The Morgan fingerprint density at radius 3 is 1.10 bits per heavy atom. The van der Waals surface area contributed by atoms with Crippen LogP contribution >= 0.6 is 0 Å². The van der Waals surface area contributed by atoms with Gasteiger partial charge in [-0.2, -0.15) is 0 Å². The van der Waals surface area contributed by atoms with E-state index in [-0.39, 0.29) is 31.3 Å². The van der Waals surface area contributed by atoms with Gasteiger partial charge in [0.05, 0.1) is 25.2 Å². The van der Waals surface area contributed by atoms with Gasteiger partial charge < -0.3 is 20.3 Å². The summed E-state index contributed by atoms with van der Waals surface area (Å²) in [7, 11) is 0. The summed E-state index contributed by atoms with van der Waals surface area (Å²) in [5.41, 5.74) is 0. The van der Waals surface area contributed by atoms with Crippen LogP contribution in [0.1, 0.15) is 290 Å². The van der Waals surface area contributed by atoms with Gasteiger partial charge in [-0.1, -0.05) is 286 Å². The van der Waals surface area contributed by atoms with Crippen LogP contribution in [0, 0.1) is 0 Å². The molecular formula is C63H113NO5. The Hall–Kier alpha value is -2.70. The maximum Gasteiger partial charge on any atom is 0.306 e. The van der Waals surface area contributed by atoms with E-state index in [1.54, 1.807) is 0 Å². The van der Waals surface area contributed by atoms with Crippen LogP contribution in [-0.4, -0.2) is 46.9 Å². The number of aliphatic hydroxyl groups is 2. The van der Waals surface area contributed by atoms with Crippen LogP contribution < -0.4 is 5.32 Å². The number of hydrogen-bond acceptors (Lipinski definition) is 5. The topological polar surface area (TPSA) is 95.9 Å². The fourth-order valence-corrected chi connectivity index (χ4v) is 8.87. The number of unbranched alkanes of at least 4 members (excludes halogenated alkanes) is 29. The lowest BCUT2D eigenvalue weighted by molar-refractivity contribution is -0.150. The predicted octanol–water partition coefficient (Wildman–Crippen LogP) is 18.5. The second-order valence-corrected chi connectivity index (χ2v) is 20.0. The van der Waals surface area contributed by atoms with Gasteiger partial charge in [0, 0.05) is 6.42 Å². The van der Waals surface area contributed by atoms with Gasteiger partial charge in [-0.3, -0.25) is 9.59 Å². The van der Waals surface area contributed by atoms with Gasteiger partial charge in [-0.25, -0.2) is 0 Å². The van der Waals surface area contributed by atoms with Crippen molar-refractivity contribution in [1.82, 2.24) is 5.32 Å². The first kappa shape index (κ1) is 66.3. The molecule has 3 unspecified atom stereocenters. The number of amides is 1. The SMILES string of the molecule is CC/C=C\C/C=C\C/C=C\C/C=C\C/C=C\C/C=C\CCC(=O)OC(CCCCCCCCCCCCCCCCCC)CC(=O)NC(CO)C(O)CCCCCCCCCCCCCCCCC. The number of nitrogens with one attached hydrogen (secondary N) is 1. The zero-order valence-electron chi connectivity index (χ0n) is 45.7. The molecule has 6 heteroatoms. The number of esters is 1. The molecule has 3 N–H and O–H groups in total. The van der Waals surface area contributed by atoms with E-state index in [1.807, 2.05) is 6.08 Å². The average molecular weight is 965 g/mol. The van der Waals surface area contributed by atoms with Crippen molar-refractivity contribution >= 4 is 11.9 Å². The summed E-state index contributed by atoms with van der Waals surface area (Å²) in [5, 5.41) is 23.9. The van der Waals surface area contributed by atoms with Crippen LogP contribution in [0.2, 0.25) is 0 Å². The number of ether oxygens (including phenoxy) is 1. The Morgan fingerprint density at radius 2 is 0.754 bits per heavy atom. The van der Waals surface area contributed by atoms with Crippen LogP contribution in [0.25, 0.3) is 0 Å². The number of carbonyl (C=O) groups excluding carboxylic acids is 2. The third-order valence-corrected chi connectivity index (χ3v) is 13.3. The molecule has 400 valence electrons. The zero-order chi connectivity index (χ0) is 50.2. The van der Waals surface area contributed by atoms with Crippen molar-refractivity contribution in [2.24, 2.45) is 0 Å². The smallest absolute Gasteiger partial charge is 0.306 e. The summed E-state index contributed by atoms with van der Waals surface area (Å²) in [6, 6.07) is -0.718. The average Bonchev–Trinajstić information content (AvgIpc) is 3.34. The molecule has 69 heavy (non-hydrogen) atoms. The third-order valence-electron chi connectivity index (χ3n) is 13.3. The molecule has 0 aliphatic heterocycles. The van der Waals surface area contributed by atoms with Crippen LogP contribution in [0.15, 0.2) is 72.9 Å². The monoisotopic (exact) mass is 964 g/mol. The van der Waals surface area contributed by atoms with E-state index in [0.717, 1.165) is 77.0 Å². The molecule has 0 bridgehead atoms. The first-order valence-corrected chi connectivity index (χ1v) is 29.7. The van der Waals surface area contributed by atoms with Gasteiger partial charge >= 0.3 is 5.97 Å². The van der Waals surface area contributed by atoms with E-state index in [9.17, 15) is 19.8 Å². The van der Waals surface area contributed by atoms with Gasteiger partial charge in [0.2, 0.25) is 5.91 Å². The van der Waals surface area contributed by atoms with Gasteiger partial charge in [-0.05, 0) is 64.2 Å². The van der Waals surface area contributed by atoms with Crippen molar-refractivity contribution in [3.8, 4) is 0 Å². The Morgan fingerprint density at radius 1 is 0.435 bits per heavy atom. The second-order valence-electron chi connectivity index (χ2n) is 20.0. The van der Waals surface area contributed by atoms with Crippen LogP contribution in [0.5, 0.6) is 0 Å². The normalized spacial score (nSPS) is 13.6. The van der Waals surface area contributed by atoms with Crippen molar-refractivity contribution in [3.63, 3.8) is 0 Å². The van der Waals surface area contributed by atoms with E-state index in [2.05, 4.69) is 92.9 Å². The highest BCUT2D eigenvalue weighted by molar-refractivity contribution is 5.77. The molecule has 1 amide bonds. The molecule has 0 heterocycles. The summed E-state index contributed by atoms with van der Waals surface area (Å²) in [6.07, 6.45) is 72.6. The molecule has 0 spiro atoms. The summed E-state index contributed by atoms with van der Waals surface area (Å²) in [4.78, 5) is 26.3. The standard InChI is InChI=1S/C63H113NO5/c1-4-7-10-13-16-19-22-25-28-30-31-32-35-38-41-44-47-50-53-56-63(68)69-59(54-51-48-45-42-39-36-34-29-26-23-20-17-14-11-8-5-2)57-62(67)64-60(58-65)61(66)55-52-49-46-43-40-37-33-27-24-21-18-15-12-9-6-3/h7,10,16,19,25,28,31-32,38,41,47,50,59-61,65-66H,4-6,8-9,11-15,17-18,20-24,26-27,29-30,33-37,39-40,42-46,48-49,51-58H2,1-3H3,(H,64,67)/b10-7-,19-16-,28-25-,32-31-,41-38-,50-47-. The Labute approximate surface area is 428 Å². The number of rotatable bonds is 53. The lowest BCUT2D eigenvalue weighted by atomic mass is 10.0. The molecule has 0 aliphatic rings. The lowest BCUT2D eigenvalue weighted by Crippen LogP contribution is -2.46. The maximum atomic E-state index is 13.3. The van der Waals surface area contributed by atoms with Gasteiger partial charge in [0.1, 0.15) is 6.10 Å². The van der Waals surface area contributed by atoms with E-state index in [4.69, 9.17) is 4.74 Å². The fraction of sp³-hybridized carbons (Fsp3) is 0.778. The molecule has 0 saturated heterocycles. The van der Waals surface area contributed by atoms with Crippen LogP contribution in [0.4, 0.5) is 0 Å². The number of hydrogen-bond donors (Lipinski definition) is 3. The molecule has 3 atom stereocenters. The van der Waals surface area contributed by atoms with Crippen molar-refractivity contribution < 1.29 is 24.5 Å². The van der Waals surface area contributed by atoms with E-state index >= 15 is 0 Å². The minimum atomic E-state index is -0.802. The number of allylic oxidation sites excluding steroid dienone is 12. The van der Waals surface area contributed by atoms with Gasteiger partial charge in [-0.15, -0.1) is 0 Å². The highest BCUT2D eigenvalue weighted by atomic mass is 16.5. The molecule has 0 aliphatic carbocycles.